The molecule has 1 N–H and O–H groups in total. The fourth-order valence-electron chi connectivity index (χ4n) is 3.06. The first kappa shape index (κ1) is 15.0. The number of carbonyl (C=O) groups excluding carboxylic acids is 1. The van der Waals surface area contributed by atoms with Gasteiger partial charge in [-0.2, -0.15) is 0 Å². The van der Waals surface area contributed by atoms with E-state index >= 15 is 0 Å². The smallest absolute Gasteiger partial charge is 0.252 e. The first-order chi connectivity index (χ1) is 10.5. The number of anilines is 1. The van der Waals surface area contributed by atoms with Crippen molar-refractivity contribution in [1.82, 2.24) is 14.9 Å². The highest BCUT2D eigenvalue weighted by molar-refractivity contribution is 5.81. The third kappa shape index (κ3) is 2.99. The van der Waals surface area contributed by atoms with Crippen molar-refractivity contribution >= 4 is 11.9 Å². The molecule has 0 bridgehead atoms. The van der Waals surface area contributed by atoms with Crippen molar-refractivity contribution in [3.63, 3.8) is 0 Å². The molecule has 1 aromatic rings. The number of hydrogen-bond donors (Lipinski definition) is 1. The minimum Gasteiger partial charge on any atom is -0.368 e. The van der Waals surface area contributed by atoms with Crippen molar-refractivity contribution in [3.8, 4) is 0 Å². The topological polar surface area (TPSA) is 78.5 Å². The van der Waals surface area contributed by atoms with E-state index in [9.17, 15) is 9.59 Å². The van der Waals surface area contributed by atoms with Crippen molar-refractivity contribution < 1.29 is 9.53 Å². The molecule has 120 valence electrons. The van der Waals surface area contributed by atoms with Gasteiger partial charge in [-0.1, -0.05) is 0 Å². The predicted octanol–water partition coefficient (Wildman–Crippen LogP) is 0.331. The lowest BCUT2D eigenvalue weighted by atomic mass is 10.0. The van der Waals surface area contributed by atoms with Gasteiger partial charge in [-0.15, -0.1) is 0 Å². The van der Waals surface area contributed by atoms with Gasteiger partial charge in [-0.3, -0.25) is 14.6 Å². The number of ether oxygens (including phenoxy) is 1. The zero-order valence-electron chi connectivity index (χ0n) is 13.0. The number of H-pyrrole nitrogens is 1. The number of nitrogens with zero attached hydrogens (tertiary/aromatic N) is 3. The Balaban J connectivity index is 1.72. The Hall–Kier alpha value is -1.89. The molecule has 2 aliphatic rings. The maximum Gasteiger partial charge on any atom is 0.252 e. The lowest BCUT2D eigenvalue weighted by Gasteiger charge is -2.20. The van der Waals surface area contributed by atoms with Crippen LogP contribution in [0.3, 0.4) is 0 Å². The second kappa shape index (κ2) is 6.08. The van der Waals surface area contributed by atoms with Crippen LogP contribution in [-0.2, 0) is 9.53 Å². The molecule has 7 heteroatoms. The molecule has 0 unspecified atom stereocenters. The van der Waals surface area contributed by atoms with Crippen molar-refractivity contribution in [2.45, 2.75) is 31.3 Å². The van der Waals surface area contributed by atoms with Gasteiger partial charge in [0.25, 0.3) is 11.5 Å². The van der Waals surface area contributed by atoms with Crippen LogP contribution in [0.4, 0.5) is 5.95 Å². The molecule has 0 aliphatic carbocycles. The van der Waals surface area contributed by atoms with Gasteiger partial charge in [0.15, 0.2) is 0 Å². The fourth-order valence-corrected chi connectivity index (χ4v) is 3.06. The first-order valence-corrected chi connectivity index (χ1v) is 7.73. The number of hydrogen-bond acceptors (Lipinski definition) is 5. The summed E-state index contributed by atoms with van der Waals surface area (Å²) >= 11 is 0. The quantitative estimate of drug-likeness (QED) is 0.871. The summed E-state index contributed by atoms with van der Waals surface area (Å²) < 4.78 is 5.47. The van der Waals surface area contributed by atoms with Gasteiger partial charge in [-0.25, -0.2) is 4.98 Å². The molecular formula is C15H22N4O3. The first-order valence-electron chi connectivity index (χ1n) is 7.73. The highest BCUT2D eigenvalue weighted by Gasteiger charge is 2.34. The van der Waals surface area contributed by atoms with E-state index in [-0.39, 0.29) is 23.5 Å². The van der Waals surface area contributed by atoms with Crippen LogP contribution in [-0.4, -0.2) is 60.7 Å². The fraction of sp³-hybridized carbons (Fsp3) is 0.667. The summed E-state index contributed by atoms with van der Waals surface area (Å²) in [5.41, 5.74) is 0.604. The average Bonchev–Trinajstić information content (AvgIpc) is 3.17. The SMILES string of the molecule is CN(C)c1nc([C@@H]2CCN(C(=O)[C@@H]3CCCO3)C2)cc(=O)[nH]1. The number of rotatable bonds is 3. The summed E-state index contributed by atoms with van der Waals surface area (Å²) in [5, 5.41) is 0. The van der Waals surface area contributed by atoms with Crippen LogP contribution in [0, 0.1) is 0 Å². The van der Waals surface area contributed by atoms with E-state index in [2.05, 4.69) is 9.97 Å². The number of aromatic amines is 1. The highest BCUT2D eigenvalue weighted by atomic mass is 16.5. The minimum atomic E-state index is -0.275. The lowest BCUT2D eigenvalue weighted by Crippen LogP contribution is -2.37. The number of likely N-dealkylation sites (tertiary alicyclic amines) is 1. The Labute approximate surface area is 129 Å². The Morgan fingerprint density at radius 1 is 1.45 bits per heavy atom. The van der Waals surface area contributed by atoms with Gasteiger partial charge in [0.1, 0.15) is 6.10 Å². The molecule has 3 heterocycles. The number of carbonyl (C=O) groups is 1. The summed E-state index contributed by atoms with van der Waals surface area (Å²) in [5.74, 6) is 0.746. The molecule has 22 heavy (non-hydrogen) atoms. The van der Waals surface area contributed by atoms with Crippen LogP contribution < -0.4 is 10.5 Å². The van der Waals surface area contributed by atoms with Crippen molar-refractivity contribution in [2.24, 2.45) is 0 Å². The second-order valence-electron chi connectivity index (χ2n) is 6.16. The second-order valence-corrected chi connectivity index (χ2v) is 6.16. The molecule has 0 aromatic carbocycles. The average molecular weight is 306 g/mol. The molecule has 2 aliphatic heterocycles. The zero-order chi connectivity index (χ0) is 15.7. The molecule has 2 atom stereocenters. The summed E-state index contributed by atoms with van der Waals surface area (Å²) in [7, 11) is 3.67. The monoisotopic (exact) mass is 306 g/mol. The van der Waals surface area contributed by atoms with Gasteiger partial charge >= 0.3 is 0 Å². The number of aromatic nitrogens is 2. The summed E-state index contributed by atoms with van der Waals surface area (Å²) in [4.78, 5) is 35.0. The highest BCUT2D eigenvalue weighted by Crippen LogP contribution is 2.27. The van der Waals surface area contributed by atoms with Gasteiger partial charge in [0, 0.05) is 45.8 Å². The normalized spacial score (nSPS) is 24.7. The Morgan fingerprint density at radius 2 is 2.27 bits per heavy atom. The van der Waals surface area contributed by atoms with Crippen LogP contribution in [0.15, 0.2) is 10.9 Å². The Kier molecular flexibility index (Phi) is 4.15. The predicted molar refractivity (Wildman–Crippen MR) is 82.1 cm³/mol. The van der Waals surface area contributed by atoms with E-state index in [1.807, 2.05) is 19.0 Å². The van der Waals surface area contributed by atoms with E-state index in [1.54, 1.807) is 4.90 Å². The molecule has 0 spiro atoms. The molecule has 7 nitrogen and oxygen atoms in total. The molecule has 3 rings (SSSR count). The summed E-state index contributed by atoms with van der Waals surface area (Å²) in [6, 6.07) is 1.54. The largest absolute Gasteiger partial charge is 0.368 e. The van der Waals surface area contributed by atoms with Crippen molar-refractivity contribution in [1.29, 1.82) is 0 Å². The maximum atomic E-state index is 12.4. The van der Waals surface area contributed by atoms with Gasteiger partial charge in [0.05, 0.1) is 5.69 Å². The third-order valence-corrected chi connectivity index (χ3v) is 4.30. The molecule has 1 amide bonds. The summed E-state index contributed by atoms with van der Waals surface area (Å²) in [6.45, 7) is 1.99. The Morgan fingerprint density at radius 3 is 2.95 bits per heavy atom. The Bertz CT molecular complexity index is 607. The third-order valence-electron chi connectivity index (χ3n) is 4.30. The molecular weight excluding hydrogens is 284 g/mol. The number of amides is 1. The van der Waals surface area contributed by atoms with E-state index in [0.29, 0.717) is 25.6 Å². The lowest BCUT2D eigenvalue weighted by molar-refractivity contribution is -0.139. The van der Waals surface area contributed by atoms with E-state index in [1.165, 1.54) is 6.07 Å². The van der Waals surface area contributed by atoms with E-state index in [0.717, 1.165) is 25.0 Å². The van der Waals surface area contributed by atoms with Gasteiger partial charge in [-0.05, 0) is 19.3 Å². The van der Waals surface area contributed by atoms with Crippen LogP contribution in [0.25, 0.3) is 0 Å². The maximum absolute atomic E-state index is 12.4. The van der Waals surface area contributed by atoms with Crippen LogP contribution in [0.5, 0.6) is 0 Å². The van der Waals surface area contributed by atoms with Crippen LogP contribution in [0.2, 0.25) is 0 Å². The molecule has 2 fully saturated rings. The van der Waals surface area contributed by atoms with Crippen molar-refractivity contribution in [3.05, 3.63) is 22.1 Å². The van der Waals surface area contributed by atoms with Crippen LogP contribution >= 0.6 is 0 Å². The molecule has 0 saturated carbocycles. The number of nitrogens with one attached hydrogen (secondary N) is 1. The molecule has 1 aromatic heterocycles. The van der Waals surface area contributed by atoms with Gasteiger partial charge in [0.2, 0.25) is 5.95 Å². The van der Waals surface area contributed by atoms with E-state index in [4.69, 9.17) is 4.74 Å². The molecule has 0 radical (unpaired) electrons. The zero-order valence-corrected chi connectivity index (χ0v) is 13.0. The summed E-state index contributed by atoms with van der Waals surface area (Å²) in [6.07, 6.45) is 2.33. The van der Waals surface area contributed by atoms with Gasteiger partial charge < -0.3 is 14.5 Å². The van der Waals surface area contributed by atoms with E-state index < -0.39 is 0 Å². The standard InChI is InChI=1S/C15H22N4O3/c1-18(2)15-16-11(8-13(20)17-15)10-5-6-19(9-10)14(21)12-4-3-7-22-12/h8,10,12H,3-7,9H2,1-2H3,(H,16,17,20)/t10-,12+/m1/s1. The minimum absolute atomic E-state index is 0.0812. The van der Waals surface area contributed by atoms with Crippen LogP contribution in [0.1, 0.15) is 30.9 Å². The van der Waals surface area contributed by atoms with Crippen molar-refractivity contribution in [2.75, 3.05) is 38.7 Å². The molecule has 2 saturated heterocycles.